The first-order valence-corrected chi connectivity index (χ1v) is 8.77. The number of guanidine groups is 1. The second kappa shape index (κ2) is 12.0. The number of rotatable bonds is 8. The Hall–Kier alpha value is -1.44. The summed E-state index contributed by atoms with van der Waals surface area (Å²) in [5.74, 6) is 2.48. The molecule has 25 heavy (non-hydrogen) atoms. The topological polar surface area (TPSA) is 54.9 Å². The number of halogens is 1. The van der Waals surface area contributed by atoms with Crippen molar-refractivity contribution in [2.45, 2.75) is 39.2 Å². The van der Waals surface area contributed by atoms with Gasteiger partial charge in [-0.1, -0.05) is 18.2 Å². The summed E-state index contributed by atoms with van der Waals surface area (Å²) in [6, 6.07) is 6.60. The average Bonchev–Trinajstić information content (AvgIpc) is 3.09. The van der Waals surface area contributed by atoms with Gasteiger partial charge < -0.3 is 20.1 Å². The van der Waals surface area contributed by atoms with E-state index in [1.54, 1.807) is 0 Å². The first-order chi connectivity index (χ1) is 11.8. The lowest BCUT2D eigenvalue weighted by Crippen LogP contribution is -2.43. The third-order valence-electron chi connectivity index (χ3n) is 3.89. The van der Waals surface area contributed by atoms with Crippen LogP contribution in [0.2, 0.25) is 0 Å². The van der Waals surface area contributed by atoms with Gasteiger partial charge in [-0.25, -0.2) is 0 Å². The lowest BCUT2D eigenvalue weighted by molar-refractivity contribution is 0.287. The van der Waals surface area contributed by atoms with Gasteiger partial charge in [-0.15, -0.1) is 24.0 Å². The fourth-order valence-corrected chi connectivity index (χ4v) is 2.70. The van der Waals surface area contributed by atoms with Gasteiger partial charge in [0.2, 0.25) is 0 Å². The summed E-state index contributed by atoms with van der Waals surface area (Å²) in [6.07, 6.45) is 7.45. The molecule has 0 aliphatic heterocycles. The number of hydrogen-bond donors (Lipinski definition) is 2. The molecule has 1 aromatic carbocycles. The van der Waals surface area contributed by atoms with Crippen LogP contribution in [0.4, 0.5) is 0 Å². The number of nitrogens with one attached hydrogen (secondary N) is 2. The molecule has 0 atom stereocenters. The first-order valence-electron chi connectivity index (χ1n) is 8.77. The predicted octanol–water partition coefficient (Wildman–Crippen LogP) is 3.53. The van der Waals surface area contributed by atoms with Crippen molar-refractivity contribution in [3.63, 3.8) is 0 Å². The summed E-state index contributed by atoms with van der Waals surface area (Å²) in [4.78, 5) is 4.29. The Kier molecular flexibility index (Phi) is 10.4. The largest absolute Gasteiger partial charge is 0.490 e. The minimum absolute atomic E-state index is 0. The Morgan fingerprint density at radius 2 is 1.80 bits per heavy atom. The third kappa shape index (κ3) is 7.13. The van der Waals surface area contributed by atoms with E-state index in [0.717, 1.165) is 43.3 Å². The monoisotopic (exact) mass is 459 g/mol. The number of ether oxygens (including phenoxy) is 2. The predicted molar refractivity (Wildman–Crippen MR) is 115 cm³/mol. The van der Waals surface area contributed by atoms with Crippen LogP contribution in [0.3, 0.4) is 0 Å². The molecule has 0 fully saturated rings. The SMILES string of the molecule is CCOc1ccc(CCNC(=NC)NC2CC=CC2)cc1OCC.I. The number of benzene rings is 1. The van der Waals surface area contributed by atoms with Crippen LogP contribution < -0.4 is 20.1 Å². The van der Waals surface area contributed by atoms with Gasteiger partial charge in [-0.05, 0) is 50.8 Å². The van der Waals surface area contributed by atoms with Crippen molar-refractivity contribution in [3.8, 4) is 11.5 Å². The lowest BCUT2D eigenvalue weighted by Gasteiger charge is -2.17. The molecule has 0 heterocycles. The zero-order valence-corrected chi connectivity index (χ0v) is 17.7. The van der Waals surface area contributed by atoms with E-state index in [2.05, 4.69) is 39.9 Å². The van der Waals surface area contributed by atoms with Crippen molar-refractivity contribution in [3.05, 3.63) is 35.9 Å². The van der Waals surface area contributed by atoms with Gasteiger partial charge in [0.1, 0.15) is 0 Å². The number of hydrogen-bond acceptors (Lipinski definition) is 3. The van der Waals surface area contributed by atoms with Gasteiger partial charge in [-0.3, -0.25) is 4.99 Å². The first kappa shape index (κ1) is 21.6. The van der Waals surface area contributed by atoms with Gasteiger partial charge in [0.15, 0.2) is 17.5 Å². The summed E-state index contributed by atoms with van der Waals surface area (Å²) in [5.41, 5.74) is 1.22. The molecule has 0 spiro atoms. The second-order valence-electron chi connectivity index (χ2n) is 5.68. The molecule has 1 aliphatic carbocycles. The maximum Gasteiger partial charge on any atom is 0.191 e. The molecule has 0 unspecified atom stereocenters. The maximum atomic E-state index is 5.68. The second-order valence-corrected chi connectivity index (χ2v) is 5.68. The highest BCUT2D eigenvalue weighted by Crippen LogP contribution is 2.28. The smallest absolute Gasteiger partial charge is 0.191 e. The Morgan fingerprint density at radius 1 is 1.12 bits per heavy atom. The standard InChI is InChI=1S/C19H29N3O2.HI/c1-4-23-17-11-10-15(14-18(17)24-5-2)12-13-21-19(20-3)22-16-8-6-7-9-16;/h6-7,10-11,14,16H,4-5,8-9,12-13H2,1-3H3,(H2,20,21,22);1H. The lowest BCUT2D eigenvalue weighted by atomic mass is 10.1. The highest BCUT2D eigenvalue weighted by molar-refractivity contribution is 14.0. The van der Waals surface area contributed by atoms with Crippen molar-refractivity contribution in [1.29, 1.82) is 0 Å². The summed E-state index contributed by atoms with van der Waals surface area (Å²) in [5, 5.41) is 6.82. The summed E-state index contributed by atoms with van der Waals surface area (Å²) in [6.45, 7) is 6.05. The fraction of sp³-hybridized carbons (Fsp3) is 0.526. The Bertz CT molecular complexity index is 568. The zero-order chi connectivity index (χ0) is 17.2. The molecule has 1 aromatic rings. The van der Waals surface area contributed by atoms with Crippen molar-refractivity contribution < 1.29 is 9.47 Å². The molecule has 1 aliphatic rings. The Morgan fingerprint density at radius 3 is 2.44 bits per heavy atom. The van der Waals surface area contributed by atoms with E-state index >= 15 is 0 Å². The molecule has 2 rings (SSSR count). The maximum absolute atomic E-state index is 5.68. The molecule has 140 valence electrons. The van der Waals surface area contributed by atoms with E-state index in [1.165, 1.54) is 5.56 Å². The highest BCUT2D eigenvalue weighted by Gasteiger charge is 2.11. The molecule has 0 radical (unpaired) electrons. The quantitative estimate of drug-likeness (QED) is 0.270. The van der Waals surface area contributed by atoms with Crippen LogP contribution in [0, 0.1) is 0 Å². The third-order valence-corrected chi connectivity index (χ3v) is 3.89. The normalized spacial score (nSPS) is 14.1. The van der Waals surface area contributed by atoms with Crippen LogP contribution >= 0.6 is 24.0 Å². The fourth-order valence-electron chi connectivity index (χ4n) is 2.70. The molecule has 0 amide bonds. The van der Waals surface area contributed by atoms with Crippen LogP contribution in [0.5, 0.6) is 11.5 Å². The van der Waals surface area contributed by atoms with Gasteiger partial charge >= 0.3 is 0 Å². The van der Waals surface area contributed by atoms with Crippen molar-refractivity contribution >= 4 is 29.9 Å². The van der Waals surface area contributed by atoms with Crippen LogP contribution in [0.25, 0.3) is 0 Å². The van der Waals surface area contributed by atoms with Gasteiger partial charge in [0.25, 0.3) is 0 Å². The van der Waals surface area contributed by atoms with Crippen molar-refractivity contribution in [2.75, 3.05) is 26.8 Å². The van der Waals surface area contributed by atoms with Crippen LogP contribution in [-0.4, -0.2) is 38.8 Å². The molecule has 0 aromatic heterocycles. The molecule has 0 bridgehead atoms. The van der Waals surface area contributed by atoms with E-state index in [9.17, 15) is 0 Å². The summed E-state index contributed by atoms with van der Waals surface area (Å²) < 4.78 is 11.3. The van der Waals surface area contributed by atoms with Crippen LogP contribution in [-0.2, 0) is 6.42 Å². The molecular weight excluding hydrogens is 429 g/mol. The van der Waals surface area contributed by atoms with E-state index < -0.39 is 0 Å². The molecule has 5 nitrogen and oxygen atoms in total. The van der Waals surface area contributed by atoms with E-state index in [1.807, 2.05) is 27.0 Å². The molecule has 0 saturated carbocycles. The van der Waals surface area contributed by atoms with Crippen molar-refractivity contribution in [1.82, 2.24) is 10.6 Å². The van der Waals surface area contributed by atoms with Gasteiger partial charge in [0.05, 0.1) is 13.2 Å². The number of aliphatic imine (C=N–C) groups is 1. The molecule has 2 N–H and O–H groups in total. The molecule has 6 heteroatoms. The van der Waals surface area contributed by atoms with Crippen LogP contribution in [0.1, 0.15) is 32.3 Å². The molecule has 0 saturated heterocycles. The minimum Gasteiger partial charge on any atom is -0.490 e. The van der Waals surface area contributed by atoms with Crippen LogP contribution in [0.15, 0.2) is 35.3 Å². The van der Waals surface area contributed by atoms with E-state index in [4.69, 9.17) is 9.47 Å². The Labute approximate surface area is 168 Å². The zero-order valence-electron chi connectivity index (χ0n) is 15.4. The van der Waals surface area contributed by atoms with Gasteiger partial charge in [-0.2, -0.15) is 0 Å². The van der Waals surface area contributed by atoms with Gasteiger partial charge in [0, 0.05) is 19.6 Å². The summed E-state index contributed by atoms with van der Waals surface area (Å²) >= 11 is 0. The number of nitrogens with zero attached hydrogens (tertiary/aromatic N) is 1. The minimum atomic E-state index is 0. The van der Waals surface area contributed by atoms with Crippen molar-refractivity contribution in [2.24, 2.45) is 4.99 Å². The molecular formula is C19H30IN3O2. The van der Waals surface area contributed by atoms with E-state index in [-0.39, 0.29) is 24.0 Å². The Balaban J connectivity index is 0.00000312. The highest BCUT2D eigenvalue weighted by atomic mass is 127. The summed E-state index contributed by atoms with van der Waals surface area (Å²) in [7, 11) is 1.81. The van der Waals surface area contributed by atoms with E-state index in [0.29, 0.717) is 19.3 Å². The average molecular weight is 459 g/mol.